The summed E-state index contributed by atoms with van der Waals surface area (Å²) in [5.74, 6) is 1.12. The van der Waals surface area contributed by atoms with E-state index in [0.717, 1.165) is 16.9 Å². The van der Waals surface area contributed by atoms with Gasteiger partial charge in [-0.05, 0) is 48.5 Å². The highest BCUT2D eigenvalue weighted by Gasteiger charge is 2.18. The Morgan fingerprint density at radius 3 is 2.33 bits per heavy atom. The van der Waals surface area contributed by atoms with Gasteiger partial charge in [-0.1, -0.05) is 0 Å². The minimum atomic E-state index is -0.519. The first-order valence-corrected chi connectivity index (χ1v) is 7.28. The first-order chi connectivity index (χ1) is 11.6. The molecule has 1 aromatic heterocycles. The standard InChI is InChI=1S/C18H16N2O4/c1-23-14-8-4-11(5-9-14)17-18(12-2-6-13(21)7-3-12)24-16(20-17)10-15(19)22/h2-9,21H,10H2,1H3,(H2,19,22). The lowest BCUT2D eigenvalue weighted by Gasteiger charge is -2.03. The van der Waals surface area contributed by atoms with E-state index < -0.39 is 5.91 Å². The number of amides is 1. The molecule has 1 heterocycles. The van der Waals surface area contributed by atoms with Gasteiger partial charge in [0.1, 0.15) is 23.6 Å². The van der Waals surface area contributed by atoms with Crippen molar-refractivity contribution in [2.24, 2.45) is 5.73 Å². The minimum absolute atomic E-state index is 0.0821. The molecule has 0 radical (unpaired) electrons. The van der Waals surface area contributed by atoms with Gasteiger partial charge in [0, 0.05) is 11.1 Å². The predicted octanol–water partition coefficient (Wildman–Crippen LogP) is 2.75. The van der Waals surface area contributed by atoms with Crippen molar-refractivity contribution in [1.82, 2.24) is 4.98 Å². The van der Waals surface area contributed by atoms with Crippen molar-refractivity contribution in [3.05, 3.63) is 54.4 Å². The average molecular weight is 324 g/mol. The first kappa shape index (κ1) is 15.6. The number of nitrogens with two attached hydrogens (primary N) is 1. The minimum Gasteiger partial charge on any atom is -0.508 e. The molecule has 3 N–H and O–H groups in total. The van der Waals surface area contributed by atoms with Crippen LogP contribution in [-0.2, 0) is 11.2 Å². The van der Waals surface area contributed by atoms with E-state index in [1.165, 1.54) is 0 Å². The number of hydrogen-bond donors (Lipinski definition) is 2. The summed E-state index contributed by atoms with van der Waals surface area (Å²) >= 11 is 0. The Balaban J connectivity index is 2.09. The molecule has 0 spiro atoms. The first-order valence-electron chi connectivity index (χ1n) is 7.28. The summed E-state index contributed by atoms with van der Waals surface area (Å²) in [7, 11) is 1.60. The summed E-state index contributed by atoms with van der Waals surface area (Å²) in [4.78, 5) is 15.6. The van der Waals surface area contributed by atoms with Crippen molar-refractivity contribution in [1.29, 1.82) is 0 Å². The number of carbonyl (C=O) groups is 1. The van der Waals surface area contributed by atoms with Crippen LogP contribution >= 0.6 is 0 Å². The fourth-order valence-electron chi connectivity index (χ4n) is 2.34. The Bertz CT molecular complexity index is 852. The normalized spacial score (nSPS) is 10.5. The van der Waals surface area contributed by atoms with Crippen LogP contribution in [0.5, 0.6) is 11.5 Å². The van der Waals surface area contributed by atoms with E-state index >= 15 is 0 Å². The van der Waals surface area contributed by atoms with Gasteiger partial charge in [0.05, 0.1) is 7.11 Å². The Labute approximate surface area is 138 Å². The summed E-state index contributed by atoms with van der Waals surface area (Å²) in [5, 5.41) is 9.45. The molecule has 1 amide bonds. The van der Waals surface area contributed by atoms with Gasteiger partial charge in [0.15, 0.2) is 5.76 Å². The number of rotatable bonds is 5. The van der Waals surface area contributed by atoms with Crippen LogP contribution in [0.4, 0.5) is 0 Å². The summed E-state index contributed by atoms with van der Waals surface area (Å²) in [6.07, 6.45) is -0.0821. The number of primary amides is 1. The number of ether oxygens (including phenoxy) is 1. The number of carbonyl (C=O) groups excluding carboxylic acids is 1. The lowest BCUT2D eigenvalue weighted by molar-refractivity contribution is -0.117. The van der Waals surface area contributed by atoms with Gasteiger partial charge in [0.2, 0.25) is 11.8 Å². The fourth-order valence-corrected chi connectivity index (χ4v) is 2.34. The van der Waals surface area contributed by atoms with Gasteiger partial charge in [-0.3, -0.25) is 4.79 Å². The lowest BCUT2D eigenvalue weighted by atomic mass is 10.1. The number of methoxy groups -OCH3 is 1. The maximum absolute atomic E-state index is 11.2. The Morgan fingerprint density at radius 1 is 1.12 bits per heavy atom. The molecule has 6 heteroatoms. The smallest absolute Gasteiger partial charge is 0.226 e. The quantitative estimate of drug-likeness (QED) is 0.752. The van der Waals surface area contributed by atoms with E-state index in [4.69, 9.17) is 14.9 Å². The highest BCUT2D eigenvalue weighted by atomic mass is 16.5. The highest BCUT2D eigenvalue weighted by Crippen LogP contribution is 2.34. The molecule has 6 nitrogen and oxygen atoms in total. The van der Waals surface area contributed by atoms with Crippen molar-refractivity contribution in [2.45, 2.75) is 6.42 Å². The van der Waals surface area contributed by atoms with Crippen LogP contribution in [0.25, 0.3) is 22.6 Å². The third-order valence-corrected chi connectivity index (χ3v) is 3.49. The zero-order valence-electron chi connectivity index (χ0n) is 13.0. The van der Waals surface area contributed by atoms with E-state index in [2.05, 4.69) is 4.98 Å². The van der Waals surface area contributed by atoms with Gasteiger partial charge >= 0.3 is 0 Å². The molecule has 0 fully saturated rings. The molecule has 122 valence electrons. The van der Waals surface area contributed by atoms with Crippen molar-refractivity contribution in [3.8, 4) is 34.1 Å². The van der Waals surface area contributed by atoms with Gasteiger partial charge in [-0.2, -0.15) is 0 Å². The Morgan fingerprint density at radius 2 is 1.75 bits per heavy atom. The molecule has 0 aliphatic heterocycles. The van der Waals surface area contributed by atoms with Crippen molar-refractivity contribution in [2.75, 3.05) is 7.11 Å². The molecule has 0 aliphatic rings. The summed E-state index contributed by atoms with van der Waals surface area (Å²) in [6.45, 7) is 0. The molecule has 0 saturated carbocycles. The maximum Gasteiger partial charge on any atom is 0.226 e. The fraction of sp³-hybridized carbons (Fsp3) is 0.111. The summed E-state index contributed by atoms with van der Waals surface area (Å²) < 4.78 is 10.9. The van der Waals surface area contributed by atoms with Crippen LogP contribution in [0.2, 0.25) is 0 Å². The SMILES string of the molecule is COc1ccc(-c2nc(CC(N)=O)oc2-c2ccc(O)cc2)cc1. The van der Waals surface area contributed by atoms with Gasteiger partial charge in [-0.15, -0.1) is 0 Å². The van der Waals surface area contributed by atoms with Crippen LogP contribution in [0, 0.1) is 0 Å². The molecule has 3 aromatic rings. The van der Waals surface area contributed by atoms with Crippen LogP contribution in [0.1, 0.15) is 5.89 Å². The van der Waals surface area contributed by atoms with Crippen molar-refractivity contribution < 1.29 is 19.1 Å². The molecule has 0 atom stereocenters. The monoisotopic (exact) mass is 324 g/mol. The van der Waals surface area contributed by atoms with Crippen LogP contribution in [0.3, 0.4) is 0 Å². The molecule has 0 bridgehead atoms. The van der Waals surface area contributed by atoms with E-state index in [0.29, 0.717) is 11.5 Å². The summed E-state index contributed by atoms with van der Waals surface area (Å²) in [6, 6.07) is 13.9. The zero-order valence-corrected chi connectivity index (χ0v) is 13.0. The molecule has 0 saturated heterocycles. The van der Waals surface area contributed by atoms with E-state index in [1.54, 1.807) is 31.4 Å². The van der Waals surface area contributed by atoms with E-state index in [9.17, 15) is 9.90 Å². The third kappa shape index (κ3) is 3.22. The van der Waals surface area contributed by atoms with Gasteiger partial charge in [0.25, 0.3) is 0 Å². The molecular formula is C18H16N2O4. The second-order valence-electron chi connectivity index (χ2n) is 5.20. The zero-order chi connectivity index (χ0) is 17.1. The highest BCUT2D eigenvalue weighted by molar-refractivity contribution is 5.79. The van der Waals surface area contributed by atoms with E-state index in [-0.39, 0.29) is 18.1 Å². The summed E-state index contributed by atoms with van der Waals surface area (Å²) in [5.41, 5.74) is 7.38. The van der Waals surface area contributed by atoms with Crippen LogP contribution in [0.15, 0.2) is 52.9 Å². The molecule has 2 aromatic carbocycles. The molecule has 0 unspecified atom stereocenters. The van der Waals surface area contributed by atoms with E-state index in [1.807, 2.05) is 24.3 Å². The van der Waals surface area contributed by atoms with Gasteiger partial charge in [-0.25, -0.2) is 4.98 Å². The predicted molar refractivity (Wildman–Crippen MR) is 88.5 cm³/mol. The largest absolute Gasteiger partial charge is 0.508 e. The number of phenolic OH excluding ortho intramolecular Hbond substituents is 1. The molecule has 24 heavy (non-hydrogen) atoms. The number of benzene rings is 2. The molecular weight excluding hydrogens is 308 g/mol. The number of oxazole rings is 1. The second kappa shape index (κ2) is 6.45. The van der Waals surface area contributed by atoms with Crippen LogP contribution in [-0.4, -0.2) is 23.1 Å². The van der Waals surface area contributed by atoms with Gasteiger partial charge < -0.3 is 20.0 Å². The topological polar surface area (TPSA) is 98.6 Å². The molecule has 0 aliphatic carbocycles. The third-order valence-electron chi connectivity index (χ3n) is 3.49. The van der Waals surface area contributed by atoms with Crippen LogP contribution < -0.4 is 10.5 Å². The van der Waals surface area contributed by atoms with Crippen molar-refractivity contribution in [3.63, 3.8) is 0 Å². The average Bonchev–Trinajstić information content (AvgIpc) is 2.98. The number of nitrogens with zero attached hydrogens (tertiary/aromatic N) is 1. The maximum atomic E-state index is 11.2. The lowest BCUT2D eigenvalue weighted by Crippen LogP contribution is -2.13. The number of aromatic hydroxyl groups is 1. The Kier molecular flexibility index (Phi) is 4.20. The van der Waals surface area contributed by atoms with Crippen molar-refractivity contribution >= 4 is 5.91 Å². The Hall–Kier alpha value is -3.28. The molecule has 3 rings (SSSR count). The number of hydrogen-bond acceptors (Lipinski definition) is 5. The number of aromatic nitrogens is 1. The number of phenols is 1. The second-order valence-corrected chi connectivity index (χ2v) is 5.20.